The number of rotatable bonds is 3. The normalized spacial score (nSPS) is 19.0. The Kier molecular flexibility index (Phi) is 4.37. The smallest absolute Gasteiger partial charge is 0.227 e. The molecule has 0 aliphatic carbocycles. The molecule has 0 radical (unpaired) electrons. The van der Waals surface area contributed by atoms with Crippen LogP contribution in [0.4, 0.5) is 11.8 Å². The molecule has 0 atom stereocenters. The fraction of sp³-hybridized carbons (Fsp3) is 0.500. The first-order valence-corrected chi connectivity index (χ1v) is 9.24. The van der Waals surface area contributed by atoms with Gasteiger partial charge < -0.3 is 9.80 Å². The summed E-state index contributed by atoms with van der Waals surface area (Å²) < 4.78 is 0. The third kappa shape index (κ3) is 3.23. The van der Waals surface area contributed by atoms with Crippen molar-refractivity contribution in [3.05, 3.63) is 36.4 Å². The molecule has 0 bridgehead atoms. The van der Waals surface area contributed by atoms with Gasteiger partial charge in [0.15, 0.2) is 0 Å². The fourth-order valence-corrected chi connectivity index (χ4v) is 3.64. The molecule has 0 unspecified atom stereocenters. The lowest BCUT2D eigenvalue weighted by Gasteiger charge is -2.32. The molecule has 2 aliphatic rings. The van der Waals surface area contributed by atoms with Gasteiger partial charge in [-0.1, -0.05) is 37.3 Å². The monoisotopic (exact) mass is 322 g/mol. The molecule has 0 saturated carbocycles. The molecule has 0 N–H and O–H groups in total. The number of hydrogen-bond acceptors (Lipinski definition) is 4. The quantitative estimate of drug-likeness (QED) is 0.855. The van der Waals surface area contributed by atoms with E-state index in [-0.39, 0.29) is 0 Å². The van der Waals surface area contributed by atoms with Crippen LogP contribution >= 0.6 is 0 Å². The van der Waals surface area contributed by atoms with Crippen LogP contribution in [-0.2, 0) is 0 Å². The van der Waals surface area contributed by atoms with Crippen molar-refractivity contribution in [2.24, 2.45) is 5.92 Å². The van der Waals surface area contributed by atoms with E-state index < -0.39 is 0 Å². The average molecular weight is 322 g/mol. The van der Waals surface area contributed by atoms with Crippen molar-refractivity contribution in [3.8, 4) is 11.3 Å². The zero-order valence-corrected chi connectivity index (χ0v) is 14.5. The van der Waals surface area contributed by atoms with Crippen LogP contribution in [0.5, 0.6) is 0 Å². The van der Waals surface area contributed by atoms with Crippen LogP contribution in [0.3, 0.4) is 0 Å². The van der Waals surface area contributed by atoms with Gasteiger partial charge in [-0.3, -0.25) is 0 Å². The summed E-state index contributed by atoms with van der Waals surface area (Å²) in [4.78, 5) is 14.6. The van der Waals surface area contributed by atoms with Gasteiger partial charge in [0.25, 0.3) is 0 Å². The van der Waals surface area contributed by atoms with Crippen molar-refractivity contribution in [3.63, 3.8) is 0 Å². The second-order valence-electron chi connectivity index (χ2n) is 7.14. The van der Waals surface area contributed by atoms with Gasteiger partial charge in [0.2, 0.25) is 5.95 Å². The maximum absolute atomic E-state index is 4.93. The van der Waals surface area contributed by atoms with Gasteiger partial charge in [0.1, 0.15) is 5.82 Å². The van der Waals surface area contributed by atoms with Crippen LogP contribution in [0, 0.1) is 5.92 Å². The molecule has 0 amide bonds. The van der Waals surface area contributed by atoms with E-state index in [4.69, 9.17) is 9.97 Å². The van der Waals surface area contributed by atoms with E-state index in [0.717, 1.165) is 49.6 Å². The number of nitrogens with zero attached hydrogens (tertiary/aromatic N) is 4. The van der Waals surface area contributed by atoms with E-state index >= 15 is 0 Å². The summed E-state index contributed by atoms with van der Waals surface area (Å²) in [6.45, 7) is 6.71. The standard InChI is InChI=1S/C20H26N4/c1-16-9-13-23(14-10-16)19-15-18(17-7-3-2-4-8-17)21-20(22-19)24-11-5-6-12-24/h2-4,7-8,15-16H,5-6,9-14H2,1H3. The van der Waals surface area contributed by atoms with Crippen molar-refractivity contribution < 1.29 is 0 Å². The molecule has 2 aliphatic heterocycles. The Balaban J connectivity index is 1.70. The molecule has 0 spiro atoms. The van der Waals surface area contributed by atoms with Gasteiger partial charge in [0, 0.05) is 37.8 Å². The van der Waals surface area contributed by atoms with Crippen LogP contribution in [0.2, 0.25) is 0 Å². The minimum absolute atomic E-state index is 0.828. The second-order valence-corrected chi connectivity index (χ2v) is 7.14. The molecule has 2 aromatic rings. The molecule has 24 heavy (non-hydrogen) atoms. The molecule has 1 aromatic carbocycles. The molecule has 4 heteroatoms. The highest BCUT2D eigenvalue weighted by molar-refractivity contribution is 5.65. The SMILES string of the molecule is CC1CCN(c2cc(-c3ccccc3)nc(N3CCCC3)n2)CC1. The summed E-state index contributed by atoms with van der Waals surface area (Å²) in [5.74, 6) is 2.83. The van der Waals surface area contributed by atoms with Crippen molar-refractivity contribution in [1.82, 2.24) is 9.97 Å². The van der Waals surface area contributed by atoms with E-state index in [1.165, 1.54) is 31.2 Å². The predicted molar refractivity (Wildman–Crippen MR) is 99.5 cm³/mol. The lowest BCUT2D eigenvalue weighted by Crippen LogP contribution is -2.34. The van der Waals surface area contributed by atoms with Gasteiger partial charge in [-0.2, -0.15) is 4.98 Å². The average Bonchev–Trinajstić information content (AvgIpc) is 3.17. The molecule has 4 rings (SSSR count). The first kappa shape index (κ1) is 15.4. The van der Waals surface area contributed by atoms with Gasteiger partial charge >= 0.3 is 0 Å². The van der Waals surface area contributed by atoms with Gasteiger partial charge in [-0.05, 0) is 31.6 Å². The number of benzene rings is 1. The topological polar surface area (TPSA) is 32.3 Å². The summed E-state index contributed by atoms with van der Waals surface area (Å²) in [7, 11) is 0. The summed E-state index contributed by atoms with van der Waals surface area (Å²) in [6, 6.07) is 12.7. The van der Waals surface area contributed by atoms with E-state index in [1.54, 1.807) is 0 Å². The van der Waals surface area contributed by atoms with Crippen LogP contribution in [-0.4, -0.2) is 36.1 Å². The van der Waals surface area contributed by atoms with E-state index in [9.17, 15) is 0 Å². The Morgan fingerprint density at radius 2 is 1.58 bits per heavy atom. The van der Waals surface area contributed by atoms with Crippen molar-refractivity contribution in [2.75, 3.05) is 36.0 Å². The third-order valence-electron chi connectivity index (χ3n) is 5.27. The summed E-state index contributed by atoms with van der Waals surface area (Å²) >= 11 is 0. The highest BCUT2D eigenvalue weighted by Crippen LogP contribution is 2.28. The van der Waals surface area contributed by atoms with Gasteiger partial charge in [-0.15, -0.1) is 0 Å². The van der Waals surface area contributed by atoms with Crippen LogP contribution in [0.25, 0.3) is 11.3 Å². The molecule has 2 saturated heterocycles. The lowest BCUT2D eigenvalue weighted by atomic mass is 9.99. The largest absolute Gasteiger partial charge is 0.356 e. The van der Waals surface area contributed by atoms with E-state index in [2.05, 4.69) is 53.1 Å². The van der Waals surface area contributed by atoms with E-state index in [1.807, 2.05) is 0 Å². The molecule has 1 aromatic heterocycles. The zero-order chi connectivity index (χ0) is 16.4. The molecule has 2 fully saturated rings. The fourth-order valence-electron chi connectivity index (χ4n) is 3.64. The maximum atomic E-state index is 4.93. The number of aromatic nitrogens is 2. The molecule has 126 valence electrons. The number of piperidine rings is 1. The third-order valence-corrected chi connectivity index (χ3v) is 5.27. The Morgan fingerprint density at radius 1 is 0.875 bits per heavy atom. The van der Waals surface area contributed by atoms with Crippen LogP contribution in [0.1, 0.15) is 32.6 Å². The Morgan fingerprint density at radius 3 is 2.29 bits per heavy atom. The lowest BCUT2D eigenvalue weighted by molar-refractivity contribution is 0.436. The van der Waals surface area contributed by atoms with Crippen molar-refractivity contribution in [2.45, 2.75) is 32.6 Å². The first-order valence-electron chi connectivity index (χ1n) is 9.24. The van der Waals surface area contributed by atoms with Crippen LogP contribution in [0.15, 0.2) is 36.4 Å². The molecular formula is C20H26N4. The first-order chi connectivity index (χ1) is 11.8. The molecule has 4 nitrogen and oxygen atoms in total. The van der Waals surface area contributed by atoms with Crippen molar-refractivity contribution >= 4 is 11.8 Å². The molecular weight excluding hydrogens is 296 g/mol. The highest BCUT2D eigenvalue weighted by atomic mass is 15.3. The number of hydrogen-bond donors (Lipinski definition) is 0. The predicted octanol–water partition coefficient (Wildman–Crippen LogP) is 3.98. The summed E-state index contributed by atoms with van der Waals surface area (Å²) in [5, 5.41) is 0. The van der Waals surface area contributed by atoms with Gasteiger partial charge in [0.05, 0.1) is 5.69 Å². The highest BCUT2D eigenvalue weighted by Gasteiger charge is 2.21. The van der Waals surface area contributed by atoms with Gasteiger partial charge in [-0.25, -0.2) is 4.98 Å². The van der Waals surface area contributed by atoms with E-state index in [0.29, 0.717) is 0 Å². The van der Waals surface area contributed by atoms with Crippen molar-refractivity contribution in [1.29, 1.82) is 0 Å². The Hall–Kier alpha value is -2.10. The minimum Gasteiger partial charge on any atom is -0.356 e. The number of anilines is 2. The zero-order valence-electron chi connectivity index (χ0n) is 14.5. The second kappa shape index (κ2) is 6.80. The van der Waals surface area contributed by atoms with Crippen LogP contribution < -0.4 is 9.80 Å². The summed E-state index contributed by atoms with van der Waals surface area (Å²) in [6.07, 6.45) is 5.00. The Bertz CT molecular complexity index is 671. The maximum Gasteiger partial charge on any atom is 0.227 e. The summed E-state index contributed by atoms with van der Waals surface area (Å²) in [5.41, 5.74) is 2.22. The molecule has 3 heterocycles. The Labute approximate surface area is 144 Å². The minimum atomic E-state index is 0.828.